The van der Waals surface area contributed by atoms with Gasteiger partial charge < -0.3 is 0 Å². The summed E-state index contributed by atoms with van der Waals surface area (Å²) in [5.74, 6) is 0. The van der Waals surface area contributed by atoms with Crippen LogP contribution in [0.4, 0.5) is 0 Å². The average Bonchev–Trinajstić information content (AvgIpc) is 2.37. The van der Waals surface area contributed by atoms with Gasteiger partial charge >= 0.3 is 0 Å². The first-order chi connectivity index (χ1) is 8.69. The second-order valence-electron chi connectivity index (χ2n) is 4.65. The first-order valence-electron chi connectivity index (χ1n) is 6.47. The lowest BCUT2D eigenvalue weighted by atomic mass is 9.94. The maximum Gasteiger partial charge on any atom is -0.0146 e. The quantitative estimate of drug-likeness (QED) is 0.643. The monoisotopic (exact) mass is 236 g/mol. The first-order valence-corrected chi connectivity index (χ1v) is 6.47. The van der Waals surface area contributed by atoms with E-state index in [1.54, 1.807) is 0 Å². The van der Waals surface area contributed by atoms with Crippen LogP contribution in [0.1, 0.15) is 36.1 Å². The van der Waals surface area contributed by atoms with Gasteiger partial charge in [0, 0.05) is 0 Å². The van der Waals surface area contributed by atoms with Crippen LogP contribution in [0.15, 0.2) is 36.4 Å². The highest BCUT2D eigenvalue weighted by Gasteiger charge is 2.05. The van der Waals surface area contributed by atoms with E-state index in [1.807, 2.05) is 0 Å². The van der Waals surface area contributed by atoms with Gasteiger partial charge in [0.15, 0.2) is 0 Å². The van der Waals surface area contributed by atoms with Crippen LogP contribution in [0.2, 0.25) is 0 Å². The Morgan fingerprint density at radius 1 is 0.667 bits per heavy atom. The van der Waals surface area contributed by atoms with Crippen LogP contribution in [-0.4, -0.2) is 0 Å². The van der Waals surface area contributed by atoms with Crippen molar-refractivity contribution in [1.82, 2.24) is 0 Å². The number of hydrogen-bond donors (Lipinski definition) is 0. The molecule has 0 N–H and O–H groups in total. The summed E-state index contributed by atoms with van der Waals surface area (Å²) >= 11 is 0. The summed E-state index contributed by atoms with van der Waals surface area (Å²) in [6, 6.07) is 8.90. The molecule has 0 unspecified atom stereocenters. The molecule has 0 aromatic heterocycles. The zero-order valence-electron chi connectivity index (χ0n) is 11.6. The summed E-state index contributed by atoms with van der Waals surface area (Å²) in [7, 11) is 0. The highest BCUT2D eigenvalue weighted by Crippen LogP contribution is 2.28. The van der Waals surface area contributed by atoms with Gasteiger partial charge in [-0.25, -0.2) is 0 Å². The van der Waals surface area contributed by atoms with Crippen molar-refractivity contribution >= 4 is 22.9 Å². The lowest BCUT2D eigenvalue weighted by molar-refractivity contribution is 1.44. The Bertz CT molecular complexity index is 571. The summed E-state index contributed by atoms with van der Waals surface area (Å²) in [6.07, 6.45) is 8.53. The van der Waals surface area contributed by atoms with E-state index in [1.165, 1.54) is 33.0 Å². The number of benzene rings is 2. The molecule has 0 aliphatic heterocycles. The minimum atomic E-state index is 1.31. The topological polar surface area (TPSA) is 0 Å². The Labute approximate surface area is 110 Å². The van der Waals surface area contributed by atoms with Gasteiger partial charge in [-0.2, -0.15) is 0 Å². The molecule has 0 aliphatic rings. The van der Waals surface area contributed by atoms with E-state index in [-0.39, 0.29) is 0 Å². The summed E-state index contributed by atoms with van der Waals surface area (Å²) < 4.78 is 0. The number of rotatable bonds is 2. The molecule has 0 heterocycles. The van der Waals surface area contributed by atoms with E-state index in [9.17, 15) is 0 Å². The molecule has 2 aromatic carbocycles. The fraction of sp³-hybridized carbons (Fsp3) is 0.222. The summed E-state index contributed by atoms with van der Waals surface area (Å²) in [5, 5.41) is 2.72. The number of allylic oxidation sites excluding steroid dienone is 2. The SMILES string of the molecule is CC=Cc1ccc2c(C)c(C=CC)ccc2c1C. The third-order valence-electron chi connectivity index (χ3n) is 3.52. The van der Waals surface area contributed by atoms with E-state index < -0.39 is 0 Å². The third-order valence-corrected chi connectivity index (χ3v) is 3.52. The smallest absolute Gasteiger partial charge is 0.0146 e. The molecule has 0 bridgehead atoms. The summed E-state index contributed by atoms with van der Waals surface area (Å²) in [6.45, 7) is 8.52. The van der Waals surface area contributed by atoms with E-state index in [4.69, 9.17) is 0 Å². The zero-order valence-corrected chi connectivity index (χ0v) is 11.6. The highest BCUT2D eigenvalue weighted by molar-refractivity contribution is 5.93. The Morgan fingerprint density at radius 2 is 1.06 bits per heavy atom. The summed E-state index contributed by atoms with van der Waals surface area (Å²) in [4.78, 5) is 0. The van der Waals surface area contributed by atoms with Crippen LogP contribution in [0.3, 0.4) is 0 Å². The van der Waals surface area contributed by atoms with Crippen LogP contribution in [0, 0.1) is 13.8 Å². The standard InChI is InChI=1S/C18H20/c1-5-7-15-9-11-18-14(4)16(8-6-2)10-12-17(18)13(15)3/h5-12H,1-4H3. The van der Waals surface area contributed by atoms with Crippen molar-refractivity contribution in [1.29, 1.82) is 0 Å². The molecule has 0 radical (unpaired) electrons. The van der Waals surface area contributed by atoms with E-state index in [0.717, 1.165) is 0 Å². The molecule has 0 spiro atoms. The van der Waals surface area contributed by atoms with Crippen LogP contribution in [0.25, 0.3) is 22.9 Å². The van der Waals surface area contributed by atoms with Gasteiger partial charge in [0.25, 0.3) is 0 Å². The van der Waals surface area contributed by atoms with Crippen molar-refractivity contribution < 1.29 is 0 Å². The van der Waals surface area contributed by atoms with Gasteiger partial charge in [-0.1, -0.05) is 48.6 Å². The van der Waals surface area contributed by atoms with Gasteiger partial charge in [-0.05, 0) is 60.7 Å². The van der Waals surface area contributed by atoms with Gasteiger partial charge in [-0.15, -0.1) is 0 Å². The molecule has 0 atom stereocenters. The lowest BCUT2D eigenvalue weighted by Crippen LogP contribution is -1.89. The minimum absolute atomic E-state index is 1.31. The Balaban J connectivity index is 2.75. The van der Waals surface area contributed by atoms with E-state index >= 15 is 0 Å². The molecule has 0 saturated carbocycles. The van der Waals surface area contributed by atoms with E-state index in [0.29, 0.717) is 0 Å². The summed E-state index contributed by atoms with van der Waals surface area (Å²) in [5.41, 5.74) is 5.34. The maximum absolute atomic E-state index is 2.24. The van der Waals surface area contributed by atoms with Gasteiger partial charge in [0.05, 0.1) is 0 Å². The first kappa shape index (κ1) is 12.6. The Hall–Kier alpha value is -1.82. The molecule has 0 nitrogen and oxygen atoms in total. The van der Waals surface area contributed by atoms with E-state index in [2.05, 4.69) is 76.3 Å². The van der Waals surface area contributed by atoms with Crippen molar-refractivity contribution in [3.8, 4) is 0 Å². The lowest BCUT2D eigenvalue weighted by Gasteiger charge is -2.11. The molecule has 0 heteroatoms. The average molecular weight is 236 g/mol. The van der Waals surface area contributed by atoms with Crippen molar-refractivity contribution in [2.45, 2.75) is 27.7 Å². The van der Waals surface area contributed by atoms with Crippen LogP contribution in [0.5, 0.6) is 0 Å². The van der Waals surface area contributed by atoms with Crippen molar-refractivity contribution in [2.75, 3.05) is 0 Å². The van der Waals surface area contributed by atoms with Crippen LogP contribution < -0.4 is 0 Å². The highest BCUT2D eigenvalue weighted by atomic mass is 14.1. The van der Waals surface area contributed by atoms with Crippen molar-refractivity contribution in [3.63, 3.8) is 0 Å². The normalized spacial score (nSPS) is 12.0. The molecule has 2 rings (SSSR count). The molecule has 0 fully saturated rings. The van der Waals surface area contributed by atoms with Crippen molar-refractivity contribution in [3.05, 3.63) is 58.7 Å². The predicted octanol–water partition coefficient (Wildman–Crippen LogP) is 5.52. The fourth-order valence-corrected chi connectivity index (χ4v) is 2.46. The molecule has 0 saturated heterocycles. The second-order valence-corrected chi connectivity index (χ2v) is 4.65. The fourth-order valence-electron chi connectivity index (χ4n) is 2.46. The van der Waals surface area contributed by atoms with Crippen molar-refractivity contribution in [2.24, 2.45) is 0 Å². The van der Waals surface area contributed by atoms with Crippen LogP contribution >= 0.6 is 0 Å². The van der Waals surface area contributed by atoms with Gasteiger partial charge in [0.1, 0.15) is 0 Å². The molecule has 2 aromatic rings. The molecule has 0 aliphatic carbocycles. The van der Waals surface area contributed by atoms with Crippen LogP contribution in [-0.2, 0) is 0 Å². The molecule has 92 valence electrons. The number of hydrogen-bond acceptors (Lipinski definition) is 0. The number of fused-ring (bicyclic) bond motifs is 1. The molecular weight excluding hydrogens is 216 g/mol. The minimum Gasteiger partial charge on any atom is -0.0871 e. The Kier molecular flexibility index (Phi) is 3.66. The zero-order chi connectivity index (χ0) is 13.1. The second kappa shape index (κ2) is 5.22. The largest absolute Gasteiger partial charge is 0.0871 e. The predicted molar refractivity (Wildman–Crippen MR) is 82.8 cm³/mol. The Morgan fingerprint density at radius 3 is 1.39 bits per heavy atom. The maximum atomic E-state index is 2.24. The third kappa shape index (κ3) is 2.11. The molecular formula is C18H20. The van der Waals surface area contributed by atoms with Gasteiger partial charge in [-0.3, -0.25) is 0 Å². The molecule has 0 amide bonds. The number of aryl methyl sites for hydroxylation is 2. The van der Waals surface area contributed by atoms with Gasteiger partial charge in [0.2, 0.25) is 0 Å². The molecule has 18 heavy (non-hydrogen) atoms.